The molecule has 0 aliphatic carbocycles. The molecule has 0 saturated heterocycles. The first-order valence-electron chi connectivity index (χ1n) is 7.94. The van der Waals surface area contributed by atoms with Crippen molar-refractivity contribution in [3.63, 3.8) is 0 Å². The molecule has 1 aromatic carbocycles. The molecule has 0 aromatic heterocycles. The van der Waals surface area contributed by atoms with E-state index in [4.69, 9.17) is 9.05 Å². The topological polar surface area (TPSA) is 52.6 Å². The standard InChI is InChI=1S/C18H29O4P/c1-17(2,3)21-23(20,22-18(4,5)6)14-16-11-9-15(10-12-16)8-7-13-19/h9-13H,7-8,14H2,1-6H3. The summed E-state index contributed by atoms with van der Waals surface area (Å²) in [5, 5.41) is 0. The summed E-state index contributed by atoms with van der Waals surface area (Å²) >= 11 is 0. The van der Waals surface area contributed by atoms with Crippen LogP contribution in [0.3, 0.4) is 0 Å². The first-order valence-corrected chi connectivity index (χ1v) is 9.67. The van der Waals surface area contributed by atoms with Crippen molar-refractivity contribution in [1.29, 1.82) is 0 Å². The normalized spacial score (nSPS) is 13.1. The zero-order valence-electron chi connectivity index (χ0n) is 15.1. The van der Waals surface area contributed by atoms with Crippen LogP contribution in [-0.4, -0.2) is 17.5 Å². The van der Waals surface area contributed by atoms with Crippen molar-refractivity contribution >= 4 is 13.9 Å². The Balaban J connectivity index is 2.92. The molecule has 1 rings (SSSR count). The predicted molar refractivity (Wildman–Crippen MR) is 93.8 cm³/mol. The highest BCUT2D eigenvalue weighted by atomic mass is 31.2. The van der Waals surface area contributed by atoms with Crippen LogP contribution in [-0.2, 0) is 31.0 Å². The zero-order valence-corrected chi connectivity index (χ0v) is 16.0. The smallest absolute Gasteiger partial charge is 0.303 e. The fourth-order valence-electron chi connectivity index (χ4n) is 2.18. The predicted octanol–water partition coefficient (Wildman–Crippen LogP) is 5.14. The molecule has 0 bridgehead atoms. The van der Waals surface area contributed by atoms with Crippen molar-refractivity contribution < 1.29 is 18.4 Å². The Morgan fingerprint density at radius 2 is 1.35 bits per heavy atom. The van der Waals surface area contributed by atoms with Gasteiger partial charge in [-0.1, -0.05) is 24.3 Å². The van der Waals surface area contributed by atoms with Crippen LogP contribution in [0.5, 0.6) is 0 Å². The maximum atomic E-state index is 13.2. The second-order valence-electron chi connectivity index (χ2n) is 7.70. The van der Waals surface area contributed by atoms with Crippen molar-refractivity contribution in [1.82, 2.24) is 0 Å². The molecule has 0 amide bonds. The lowest BCUT2D eigenvalue weighted by atomic mass is 10.1. The summed E-state index contributed by atoms with van der Waals surface area (Å²) < 4.78 is 24.8. The van der Waals surface area contributed by atoms with Gasteiger partial charge < -0.3 is 13.8 Å². The van der Waals surface area contributed by atoms with Crippen molar-refractivity contribution in [3.8, 4) is 0 Å². The SMILES string of the molecule is CC(C)(C)OP(=O)(Cc1ccc(CCC=O)cc1)OC(C)(C)C. The Bertz CT molecular complexity index is 530. The minimum Gasteiger partial charge on any atom is -0.303 e. The lowest BCUT2D eigenvalue weighted by Gasteiger charge is -2.32. The second-order valence-corrected chi connectivity index (χ2v) is 9.60. The van der Waals surface area contributed by atoms with Crippen molar-refractivity contribution in [2.75, 3.05) is 0 Å². The molecular weight excluding hydrogens is 311 g/mol. The van der Waals surface area contributed by atoms with E-state index >= 15 is 0 Å². The average molecular weight is 340 g/mol. The first kappa shape index (κ1) is 20.1. The molecule has 0 radical (unpaired) electrons. The summed E-state index contributed by atoms with van der Waals surface area (Å²) in [4.78, 5) is 10.4. The summed E-state index contributed by atoms with van der Waals surface area (Å²) in [6.07, 6.45) is 2.38. The van der Waals surface area contributed by atoms with Crippen LogP contribution in [0.15, 0.2) is 24.3 Å². The van der Waals surface area contributed by atoms with Gasteiger partial charge in [0.15, 0.2) is 0 Å². The van der Waals surface area contributed by atoms with E-state index in [0.29, 0.717) is 6.42 Å². The van der Waals surface area contributed by atoms with Gasteiger partial charge >= 0.3 is 7.60 Å². The van der Waals surface area contributed by atoms with Crippen molar-refractivity contribution in [3.05, 3.63) is 35.4 Å². The van der Waals surface area contributed by atoms with Gasteiger partial charge in [0.05, 0.1) is 17.4 Å². The van der Waals surface area contributed by atoms with Crippen LogP contribution in [0.25, 0.3) is 0 Å². The van der Waals surface area contributed by atoms with Gasteiger partial charge in [0, 0.05) is 6.42 Å². The van der Waals surface area contributed by atoms with E-state index in [-0.39, 0.29) is 6.16 Å². The molecule has 1 aromatic rings. The molecular formula is C18H29O4P. The number of aldehydes is 1. The van der Waals surface area contributed by atoms with E-state index in [1.165, 1.54) is 0 Å². The lowest BCUT2D eigenvalue weighted by Crippen LogP contribution is -2.24. The van der Waals surface area contributed by atoms with E-state index in [0.717, 1.165) is 23.8 Å². The summed E-state index contributed by atoms with van der Waals surface area (Å²) in [6.45, 7) is 11.2. The number of rotatable bonds is 7. The number of hydrogen-bond donors (Lipinski definition) is 0. The molecule has 0 spiro atoms. The Hall–Kier alpha value is -0.960. The second kappa shape index (κ2) is 7.74. The van der Waals surface area contributed by atoms with Crippen molar-refractivity contribution in [2.45, 2.75) is 71.7 Å². The van der Waals surface area contributed by atoms with E-state index < -0.39 is 18.8 Å². The molecule has 0 aliphatic rings. The maximum absolute atomic E-state index is 13.2. The minimum atomic E-state index is -3.28. The highest BCUT2D eigenvalue weighted by molar-refractivity contribution is 7.53. The Morgan fingerprint density at radius 1 is 0.913 bits per heavy atom. The van der Waals surface area contributed by atoms with Crippen LogP contribution in [0.4, 0.5) is 0 Å². The summed E-state index contributed by atoms with van der Waals surface area (Å²) in [7, 11) is -3.28. The minimum absolute atomic E-state index is 0.232. The fourth-order valence-corrected chi connectivity index (χ4v) is 4.67. The molecule has 0 unspecified atom stereocenters. The summed E-state index contributed by atoms with van der Waals surface area (Å²) in [5.74, 6) is 0. The molecule has 0 fully saturated rings. The van der Waals surface area contributed by atoms with Crippen LogP contribution >= 0.6 is 7.60 Å². The third kappa shape index (κ3) is 8.45. The van der Waals surface area contributed by atoms with Gasteiger partial charge in [0.2, 0.25) is 0 Å². The molecule has 0 aliphatic heterocycles. The van der Waals surface area contributed by atoms with Gasteiger partial charge in [-0.2, -0.15) is 0 Å². The van der Waals surface area contributed by atoms with Gasteiger partial charge in [0.1, 0.15) is 6.29 Å². The molecule has 0 heterocycles. The highest BCUT2D eigenvalue weighted by Gasteiger charge is 2.35. The Morgan fingerprint density at radius 3 is 1.74 bits per heavy atom. The van der Waals surface area contributed by atoms with E-state index in [1.807, 2.05) is 65.8 Å². The van der Waals surface area contributed by atoms with Gasteiger partial charge in [-0.25, -0.2) is 0 Å². The van der Waals surface area contributed by atoms with Gasteiger partial charge in [0.25, 0.3) is 0 Å². The molecule has 0 atom stereocenters. The van der Waals surface area contributed by atoms with Gasteiger partial charge in [-0.15, -0.1) is 0 Å². The monoisotopic (exact) mass is 340 g/mol. The van der Waals surface area contributed by atoms with E-state index in [2.05, 4.69) is 0 Å². The van der Waals surface area contributed by atoms with Gasteiger partial charge in [-0.05, 0) is 59.1 Å². The lowest BCUT2D eigenvalue weighted by molar-refractivity contribution is -0.107. The van der Waals surface area contributed by atoms with E-state index in [9.17, 15) is 9.36 Å². The summed E-state index contributed by atoms with van der Waals surface area (Å²) in [5.41, 5.74) is 0.885. The fraction of sp³-hybridized carbons (Fsp3) is 0.611. The quantitative estimate of drug-likeness (QED) is 0.509. The third-order valence-electron chi connectivity index (χ3n) is 2.78. The Kier molecular flexibility index (Phi) is 6.76. The number of benzene rings is 1. The largest absolute Gasteiger partial charge is 0.336 e. The first-order chi connectivity index (χ1) is 10.4. The van der Waals surface area contributed by atoms with E-state index in [1.54, 1.807) is 0 Å². The third-order valence-corrected chi connectivity index (χ3v) is 5.18. The molecule has 130 valence electrons. The molecule has 0 N–H and O–H groups in total. The zero-order chi connectivity index (χ0) is 17.7. The highest BCUT2D eigenvalue weighted by Crippen LogP contribution is 2.56. The number of carbonyl (C=O) groups excluding carboxylic acids is 1. The average Bonchev–Trinajstić information content (AvgIpc) is 2.32. The van der Waals surface area contributed by atoms with Crippen molar-refractivity contribution in [2.24, 2.45) is 0 Å². The Labute approximate surface area is 140 Å². The molecule has 5 heteroatoms. The van der Waals surface area contributed by atoms with Crippen LogP contribution in [0, 0.1) is 0 Å². The van der Waals surface area contributed by atoms with Gasteiger partial charge in [-0.3, -0.25) is 4.57 Å². The molecule has 23 heavy (non-hydrogen) atoms. The van der Waals surface area contributed by atoms with Crippen LogP contribution < -0.4 is 0 Å². The number of hydrogen-bond acceptors (Lipinski definition) is 4. The number of carbonyl (C=O) groups is 1. The molecule has 0 saturated carbocycles. The number of aryl methyl sites for hydroxylation is 1. The van der Waals surface area contributed by atoms with Crippen LogP contribution in [0.1, 0.15) is 59.1 Å². The molecule has 4 nitrogen and oxygen atoms in total. The summed E-state index contributed by atoms with van der Waals surface area (Å²) in [6, 6.07) is 7.75. The van der Waals surface area contributed by atoms with Crippen LogP contribution in [0.2, 0.25) is 0 Å². The maximum Gasteiger partial charge on any atom is 0.336 e.